The predicted octanol–water partition coefficient (Wildman–Crippen LogP) is 2.55. The van der Waals surface area contributed by atoms with Crippen molar-refractivity contribution in [1.29, 1.82) is 0 Å². The molecule has 0 bridgehead atoms. The molecule has 1 atom stereocenters. The first-order valence-electron chi connectivity index (χ1n) is 5.47. The van der Waals surface area contributed by atoms with Crippen LogP contribution in [0.4, 0.5) is 13.2 Å². The monoisotopic (exact) mass is 258 g/mol. The molecule has 1 aromatic rings. The van der Waals surface area contributed by atoms with Crippen LogP contribution in [0.5, 0.6) is 0 Å². The van der Waals surface area contributed by atoms with E-state index >= 15 is 0 Å². The first-order valence-corrected chi connectivity index (χ1v) is 5.47. The van der Waals surface area contributed by atoms with Crippen LogP contribution in [0.25, 0.3) is 0 Å². The molecule has 1 unspecified atom stereocenters. The van der Waals surface area contributed by atoms with Gasteiger partial charge in [-0.3, -0.25) is 0 Å². The van der Waals surface area contributed by atoms with Gasteiger partial charge in [-0.2, -0.15) is 13.2 Å². The SMILES string of the molecule is CC1(CN)CC(c2ccc(C(F)(F)F)cc2)=NO1. The summed E-state index contributed by atoms with van der Waals surface area (Å²) in [5, 5.41) is 3.88. The molecular weight excluding hydrogens is 245 g/mol. The average Bonchev–Trinajstić information content (AvgIpc) is 2.72. The van der Waals surface area contributed by atoms with Gasteiger partial charge in [0.15, 0.2) is 5.60 Å². The molecule has 1 heterocycles. The molecule has 0 aliphatic carbocycles. The van der Waals surface area contributed by atoms with Crippen molar-refractivity contribution in [2.45, 2.75) is 25.1 Å². The number of alkyl halides is 3. The van der Waals surface area contributed by atoms with E-state index in [1.165, 1.54) is 12.1 Å². The van der Waals surface area contributed by atoms with Gasteiger partial charge in [0, 0.05) is 13.0 Å². The van der Waals surface area contributed by atoms with E-state index in [2.05, 4.69) is 5.16 Å². The maximum absolute atomic E-state index is 12.4. The maximum atomic E-state index is 12.4. The Labute approximate surface area is 102 Å². The van der Waals surface area contributed by atoms with Crippen LogP contribution in [0.3, 0.4) is 0 Å². The zero-order valence-corrected chi connectivity index (χ0v) is 9.79. The molecule has 0 saturated heterocycles. The molecule has 0 amide bonds. The lowest BCUT2D eigenvalue weighted by atomic mass is 9.96. The Morgan fingerprint density at radius 2 is 1.94 bits per heavy atom. The number of nitrogens with zero attached hydrogens (tertiary/aromatic N) is 1. The van der Waals surface area contributed by atoms with E-state index in [9.17, 15) is 13.2 Å². The summed E-state index contributed by atoms with van der Waals surface area (Å²) in [5.41, 5.74) is 5.56. The van der Waals surface area contributed by atoms with Crippen LogP contribution >= 0.6 is 0 Å². The fraction of sp³-hybridized carbons (Fsp3) is 0.417. The highest BCUT2D eigenvalue weighted by atomic mass is 19.4. The molecular formula is C12H13F3N2O. The van der Waals surface area contributed by atoms with Crippen molar-refractivity contribution in [1.82, 2.24) is 0 Å². The number of benzene rings is 1. The lowest BCUT2D eigenvalue weighted by Crippen LogP contribution is -2.34. The van der Waals surface area contributed by atoms with E-state index in [0.29, 0.717) is 24.2 Å². The van der Waals surface area contributed by atoms with Gasteiger partial charge in [0.05, 0.1) is 11.3 Å². The number of oxime groups is 1. The molecule has 2 rings (SSSR count). The first kappa shape index (κ1) is 12.9. The second-order valence-corrected chi connectivity index (χ2v) is 4.54. The molecule has 0 fully saturated rings. The van der Waals surface area contributed by atoms with E-state index in [4.69, 9.17) is 10.6 Å². The minimum atomic E-state index is -4.32. The van der Waals surface area contributed by atoms with Gasteiger partial charge in [0.25, 0.3) is 0 Å². The van der Waals surface area contributed by atoms with Gasteiger partial charge in [0.2, 0.25) is 0 Å². The van der Waals surface area contributed by atoms with E-state index in [1.807, 2.05) is 6.92 Å². The quantitative estimate of drug-likeness (QED) is 0.886. The minimum Gasteiger partial charge on any atom is -0.387 e. The third-order valence-corrected chi connectivity index (χ3v) is 2.89. The summed E-state index contributed by atoms with van der Waals surface area (Å²) in [6.07, 6.45) is -3.83. The number of hydrogen-bond acceptors (Lipinski definition) is 3. The van der Waals surface area contributed by atoms with Crippen LogP contribution in [0.2, 0.25) is 0 Å². The van der Waals surface area contributed by atoms with Crippen molar-refractivity contribution >= 4 is 5.71 Å². The second-order valence-electron chi connectivity index (χ2n) is 4.54. The highest BCUT2D eigenvalue weighted by Gasteiger charge is 2.34. The van der Waals surface area contributed by atoms with E-state index in [0.717, 1.165) is 12.1 Å². The number of hydrogen-bond donors (Lipinski definition) is 1. The molecule has 1 aromatic carbocycles. The van der Waals surface area contributed by atoms with Gasteiger partial charge in [-0.1, -0.05) is 17.3 Å². The van der Waals surface area contributed by atoms with Crippen LogP contribution in [0.1, 0.15) is 24.5 Å². The Balaban J connectivity index is 2.17. The molecule has 1 aliphatic heterocycles. The zero-order valence-electron chi connectivity index (χ0n) is 9.79. The van der Waals surface area contributed by atoms with Crippen LogP contribution in [0.15, 0.2) is 29.4 Å². The summed E-state index contributed by atoms with van der Waals surface area (Å²) >= 11 is 0. The zero-order chi connectivity index (χ0) is 13.4. The summed E-state index contributed by atoms with van der Waals surface area (Å²) in [4.78, 5) is 5.19. The molecule has 0 spiro atoms. The Bertz CT molecular complexity index is 467. The normalized spacial score (nSPS) is 23.7. The smallest absolute Gasteiger partial charge is 0.387 e. The van der Waals surface area contributed by atoms with Gasteiger partial charge in [0.1, 0.15) is 0 Å². The Hall–Kier alpha value is -1.56. The Morgan fingerprint density at radius 3 is 2.39 bits per heavy atom. The van der Waals surface area contributed by atoms with E-state index in [1.54, 1.807) is 0 Å². The van der Waals surface area contributed by atoms with Crippen LogP contribution in [-0.2, 0) is 11.0 Å². The maximum Gasteiger partial charge on any atom is 0.416 e. The molecule has 6 heteroatoms. The largest absolute Gasteiger partial charge is 0.416 e. The van der Waals surface area contributed by atoms with Crippen molar-refractivity contribution in [3.05, 3.63) is 35.4 Å². The molecule has 3 nitrogen and oxygen atoms in total. The standard InChI is InChI=1S/C12H13F3N2O/c1-11(7-16)6-10(17-18-11)8-2-4-9(5-3-8)12(13,14)15/h2-5H,6-7,16H2,1H3. The van der Waals surface area contributed by atoms with Crippen molar-refractivity contribution in [3.63, 3.8) is 0 Å². The fourth-order valence-electron chi connectivity index (χ4n) is 1.70. The second kappa shape index (κ2) is 4.28. The highest BCUT2D eigenvalue weighted by molar-refractivity contribution is 6.01. The molecule has 0 saturated carbocycles. The van der Waals surface area contributed by atoms with Gasteiger partial charge < -0.3 is 10.6 Å². The minimum absolute atomic E-state index is 0.306. The van der Waals surface area contributed by atoms with Gasteiger partial charge in [-0.05, 0) is 24.6 Å². The molecule has 1 aliphatic rings. The van der Waals surface area contributed by atoms with Crippen LogP contribution in [-0.4, -0.2) is 17.9 Å². The average molecular weight is 258 g/mol. The number of rotatable bonds is 2. The number of nitrogens with two attached hydrogens (primary N) is 1. The Morgan fingerprint density at radius 1 is 1.33 bits per heavy atom. The predicted molar refractivity (Wildman–Crippen MR) is 61.1 cm³/mol. The molecule has 98 valence electrons. The third kappa shape index (κ3) is 2.48. The number of halogens is 3. The van der Waals surface area contributed by atoms with E-state index < -0.39 is 17.3 Å². The fourth-order valence-corrected chi connectivity index (χ4v) is 1.70. The van der Waals surface area contributed by atoms with Crippen molar-refractivity contribution in [2.24, 2.45) is 10.9 Å². The Kier molecular flexibility index (Phi) is 3.06. The topological polar surface area (TPSA) is 47.6 Å². The molecule has 18 heavy (non-hydrogen) atoms. The summed E-state index contributed by atoms with van der Waals surface area (Å²) in [5.74, 6) is 0. The van der Waals surface area contributed by atoms with Gasteiger partial charge >= 0.3 is 6.18 Å². The summed E-state index contributed by atoms with van der Waals surface area (Å²) in [7, 11) is 0. The summed E-state index contributed by atoms with van der Waals surface area (Å²) < 4.78 is 37.2. The lowest BCUT2D eigenvalue weighted by Gasteiger charge is -2.18. The van der Waals surface area contributed by atoms with Crippen molar-refractivity contribution in [2.75, 3.05) is 6.54 Å². The van der Waals surface area contributed by atoms with Crippen molar-refractivity contribution in [3.8, 4) is 0 Å². The van der Waals surface area contributed by atoms with Gasteiger partial charge in [-0.15, -0.1) is 0 Å². The first-order chi connectivity index (χ1) is 8.34. The highest BCUT2D eigenvalue weighted by Crippen LogP contribution is 2.30. The molecule has 0 radical (unpaired) electrons. The molecule has 2 N–H and O–H groups in total. The summed E-state index contributed by atoms with van der Waals surface area (Å²) in [6, 6.07) is 4.87. The van der Waals surface area contributed by atoms with Gasteiger partial charge in [-0.25, -0.2) is 0 Å². The van der Waals surface area contributed by atoms with Crippen LogP contribution in [0, 0.1) is 0 Å². The third-order valence-electron chi connectivity index (χ3n) is 2.89. The lowest BCUT2D eigenvalue weighted by molar-refractivity contribution is -0.137. The molecule has 0 aromatic heterocycles. The van der Waals surface area contributed by atoms with Crippen LogP contribution < -0.4 is 5.73 Å². The van der Waals surface area contributed by atoms with E-state index in [-0.39, 0.29) is 0 Å². The van der Waals surface area contributed by atoms with Crippen molar-refractivity contribution < 1.29 is 18.0 Å². The summed E-state index contributed by atoms with van der Waals surface area (Å²) in [6.45, 7) is 2.12.